The van der Waals surface area contributed by atoms with Crippen LogP contribution in [0, 0.1) is 0 Å². The minimum atomic E-state index is -0.976. The van der Waals surface area contributed by atoms with Crippen LogP contribution in [0.25, 0.3) is 0 Å². The van der Waals surface area contributed by atoms with Crippen molar-refractivity contribution < 1.29 is 4.21 Å². The smallest absolute Gasteiger partial charge is 0.147 e. The first-order valence-corrected chi connectivity index (χ1v) is 4.04. The molecule has 54 valence electrons. The van der Waals surface area contributed by atoms with Crippen LogP contribution in [-0.2, 0) is 11.0 Å². The van der Waals surface area contributed by atoms with Crippen molar-refractivity contribution in [3.8, 4) is 0 Å². The predicted octanol–water partition coefficient (Wildman–Crippen LogP) is -0.614. The lowest BCUT2D eigenvalue weighted by molar-refractivity contribution is 0.627. The third-order valence-corrected chi connectivity index (χ3v) is 2.69. The Morgan fingerprint density at radius 3 is 3.20 bits per heavy atom. The lowest BCUT2D eigenvalue weighted by Gasteiger charge is -2.07. The molecule has 0 saturated carbocycles. The number of nitrogens with one attached hydrogen (secondary N) is 2. The van der Waals surface area contributed by atoms with E-state index in [2.05, 4.69) is 10.9 Å². The molecule has 0 aromatic heterocycles. The summed E-state index contributed by atoms with van der Waals surface area (Å²) in [7, 11) is 0.816. The van der Waals surface area contributed by atoms with Gasteiger partial charge < -0.3 is 5.43 Å². The Balaban J connectivity index is 2.43. The Labute approximate surface area is 61.1 Å². The second-order valence-electron chi connectivity index (χ2n) is 2.10. The van der Waals surface area contributed by atoms with Gasteiger partial charge in [0.15, 0.2) is 0 Å². The largest absolute Gasteiger partial charge is 0.306 e. The van der Waals surface area contributed by atoms with Gasteiger partial charge in [-0.2, -0.15) is 0 Å². The van der Waals surface area contributed by atoms with E-state index in [0.29, 0.717) is 0 Å². The minimum absolute atomic E-state index is 0.904. The summed E-state index contributed by atoms with van der Waals surface area (Å²) in [6.07, 6.45) is 1.79. The van der Waals surface area contributed by atoms with E-state index in [4.69, 9.17) is 0 Å². The highest BCUT2D eigenvalue weighted by Crippen LogP contribution is 2.23. The van der Waals surface area contributed by atoms with Gasteiger partial charge in [0.05, 0.1) is 16.8 Å². The van der Waals surface area contributed by atoms with Crippen LogP contribution >= 0.6 is 0 Å². The standard InChI is InChI=1S/C5H7N3OS/c1-8-5-2-6-7-4(5)3-10(8)9/h2-3,6-7H,1H3. The average Bonchev–Trinajstić information content (AvgIpc) is 2.41. The van der Waals surface area contributed by atoms with E-state index >= 15 is 0 Å². The number of rotatable bonds is 0. The van der Waals surface area contributed by atoms with Crippen LogP contribution in [0.2, 0.25) is 0 Å². The second kappa shape index (κ2) is 1.76. The van der Waals surface area contributed by atoms with Crippen molar-refractivity contribution in [1.82, 2.24) is 15.2 Å². The third-order valence-electron chi connectivity index (χ3n) is 1.52. The summed E-state index contributed by atoms with van der Waals surface area (Å²) in [4.78, 5) is 0. The van der Waals surface area contributed by atoms with Crippen molar-refractivity contribution in [2.45, 2.75) is 0 Å². The number of hydrogen-bond acceptors (Lipinski definition) is 3. The molecule has 0 radical (unpaired) electrons. The molecule has 2 aliphatic heterocycles. The first-order valence-electron chi connectivity index (χ1n) is 2.87. The van der Waals surface area contributed by atoms with Gasteiger partial charge in [0.1, 0.15) is 11.0 Å². The summed E-state index contributed by atoms with van der Waals surface area (Å²) in [5, 5.41) is 1.67. The van der Waals surface area contributed by atoms with Gasteiger partial charge >= 0.3 is 0 Å². The molecular weight excluding hydrogens is 150 g/mol. The molecule has 0 spiro atoms. The maximum Gasteiger partial charge on any atom is 0.147 e. The molecule has 0 bridgehead atoms. The van der Waals surface area contributed by atoms with Crippen molar-refractivity contribution in [3.63, 3.8) is 0 Å². The highest BCUT2D eigenvalue weighted by atomic mass is 32.2. The highest BCUT2D eigenvalue weighted by Gasteiger charge is 2.25. The maximum atomic E-state index is 11.0. The van der Waals surface area contributed by atoms with Crippen molar-refractivity contribution in [2.75, 3.05) is 7.05 Å². The van der Waals surface area contributed by atoms with E-state index in [-0.39, 0.29) is 0 Å². The molecule has 1 atom stereocenters. The zero-order valence-electron chi connectivity index (χ0n) is 5.42. The van der Waals surface area contributed by atoms with E-state index in [1.807, 2.05) is 0 Å². The second-order valence-corrected chi connectivity index (χ2v) is 3.44. The fourth-order valence-electron chi connectivity index (χ4n) is 0.951. The van der Waals surface area contributed by atoms with Gasteiger partial charge in [-0.3, -0.25) is 9.73 Å². The van der Waals surface area contributed by atoms with Gasteiger partial charge in [-0.25, -0.2) is 4.21 Å². The molecular formula is C5H7N3OS. The van der Waals surface area contributed by atoms with Crippen molar-refractivity contribution >= 4 is 11.0 Å². The van der Waals surface area contributed by atoms with Crippen molar-refractivity contribution in [2.24, 2.45) is 0 Å². The first-order chi connectivity index (χ1) is 4.79. The van der Waals surface area contributed by atoms with Gasteiger partial charge in [0.2, 0.25) is 0 Å². The molecule has 0 aromatic carbocycles. The predicted molar refractivity (Wildman–Crippen MR) is 38.3 cm³/mol. The molecule has 10 heavy (non-hydrogen) atoms. The Hall–Kier alpha value is -0.970. The molecule has 0 aromatic rings. The highest BCUT2D eigenvalue weighted by molar-refractivity contribution is 7.86. The zero-order valence-corrected chi connectivity index (χ0v) is 6.23. The Bertz CT molecular complexity index is 258. The van der Waals surface area contributed by atoms with E-state index < -0.39 is 11.0 Å². The number of nitrogens with zero attached hydrogens (tertiary/aromatic N) is 1. The van der Waals surface area contributed by atoms with Crippen molar-refractivity contribution in [1.29, 1.82) is 0 Å². The lowest BCUT2D eigenvalue weighted by Crippen LogP contribution is -2.18. The quantitative estimate of drug-likeness (QED) is 0.493. The van der Waals surface area contributed by atoms with E-state index in [0.717, 1.165) is 11.4 Å². The molecule has 0 saturated heterocycles. The molecule has 4 nitrogen and oxygen atoms in total. The van der Waals surface area contributed by atoms with Gasteiger partial charge in [-0.1, -0.05) is 0 Å². The van der Waals surface area contributed by atoms with Gasteiger partial charge in [-0.15, -0.1) is 0 Å². The SMILES string of the molecule is CN1C2=CNNC2=CS1=O. The molecule has 0 aliphatic carbocycles. The van der Waals surface area contributed by atoms with Crippen LogP contribution in [-0.4, -0.2) is 15.6 Å². The third kappa shape index (κ3) is 0.578. The summed E-state index contributed by atoms with van der Waals surface area (Å²) in [5.74, 6) is 0. The number of hydrogen-bond donors (Lipinski definition) is 2. The van der Waals surface area contributed by atoms with Gasteiger partial charge in [0.25, 0.3) is 0 Å². The number of fused-ring (bicyclic) bond motifs is 1. The molecule has 0 fully saturated rings. The maximum absolute atomic E-state index is 11.0. The fraction of sp³-hybridized carbons (Fsp3) is 0.200. The molecule has 2 heterocycles. The normalized spacial score (nSPS) is 28.5. The number of hydrazine groups is 1. The van der Waals surface area contributed by atoms with E-state index in [1.54, 1.807) is 23.0 Å². The van der Waals surface area contributed by atoms with Crippen LogP contribution in [0.1, 0.15) is 0 Å². The topological polar surface area (TPSA) is 44.4 Å². The van der Waals surface area contributed by atoms with Crippen molar-refractivity contribution in [3.05, 3.63) is 23.0 Å². The molecule has 0 amide bonds. The van der Waals surface area contributed by atoms with Crippen LogP contribution in [0.4, 0.5) is 0 Å². The zero-order chi connectivity index (χ0) is 7.14. The summed E-state index contributed by atoms with van der Waals surface area (Å²) >= 11 is 0. The van der Waals surface area contributed by atoms with Gasteiger partial charge in [-0.05, 0) is 0 Å². The Morgan fingerprint density at radius 2 is 2.50 bits per heavy atom. The van der Waals surface area contributed by atoms with Crippen LogP contribution in [0.3, 0.4) is 0 Å². The molecule has 2 rings (SSSR count). The Morgan fingerprint density at radius 1 is 1.70 bits per heavy atom. The fourth-order valence-corrected chi connectivity index (χ4v) is 1.84. The molecule has 5 heteroatoms. The van der Waals surface area contributed by atoms with Gasteiger partial charge in [0, 0.05) is 13.2 Å². The van der Waals surface area contributed by atoms with Crippen LogP contribution in [0.15, 0.2) is 23.0 Å². The summed E-state index contributed by atoms with van der Waals surface area (Å²) < 4.78 is 12.7. The molecule has 2 aliphatic rings. The summed E-state index contributed by atoms with van der Waals surface area (Å²) in [6, 6.07) is 0. The lowest BCUT2D eigenvalue weighted by atomic mass is 10.4. The van der Waals surface area contributed by atoms with Crippen LogP contribution < -0.4 is 10.9 Å². The van der Waals surface area contributed by atoms with E-state index in [1.165, 1.54) is 0 Å². The molecule has 1 unspecified atom stereocenters. The van der Waals surface area contributed by atoms with Crippen LogP contribution in [0.5, 0.6) is 0 Å². The summed E-state index contributed by atoms with van der Waals surface area (Å²) in [5.41, 5.74) is 7.54. The monoisotopic (exact) mass is 157 g/mol. The first kappa shape index (κ1) is 5.79. The summed E-state index contributed by atoms with van der Waals surface area (Å²) in [6.45, 7) is 0. The van der Waals surface area contributed by atoms with E-state index in [9.17, 15) is 4.21 Å². The Kier molecular flexibility index (Phi) is 1.02. The minimum Gasteiger partial charge on any atom is -0.306 e. The molecule has 2 N–H and O–H groups in total. The average molecular weight is 157 g/mol. The number of likely N-dealkylation sites (N-methyl/N-ethyl adjacent to an activating group) is 1.